The van der Waals surface area contributed by atoms with Crippen LogP contribution in [0.5, 0.6) is 0 Å². The van der Waals surface area contributed by atoms with Crippen molar-refractivity contribution in [2.24, 2.45) is 0 Å². The minimum Gasteiger partial charge on any atom is -0.339 e. The number of hydrogen-bond donors (Lipinski definition) is 2. The molecule has 2 saturated heterocycles. The van der Waals surface area contributed by atoms with Gasteiger partial charge in [-0.2, -0.15) is 4.98 Å². The molecule has 3 heterocycles. The predicted octanol–water partition coefficient (Wildman–Crippen LogP) is 1.35. The monoisotopic (exact) mass is 236 g/mol. The lowest BCUT2D eigenvalue weighted by Crippen LogP contribution is -2.29. The Morgan fingerprint density at radius 1 is 1.12 bits per heavy atom. The predicted molar refractivity (Wildman–Crippen MR) is 63.7 cm³/mol. The summed E-state index contributed by atoms with van der Waals surface area (Å²) in [5, 5.41) is 11.0. The van der Waals surface area contributed by atoms with Crippen molar-refractivity contribution in [3.8, 4) is 0 Å². The van der Waals surface area contributed by atoms with Crippen LogP contribution in [0.1, 0.15) is 55.8 Å². The molecule has 0 bridgehead atoms. The summed E-state index contributed by atoms with van der Waals surface area (Å²) < 4.78 is 5.42. The van der Waals surface area contributed by atoms with E-state index in [4.69, 9.17) is 4.52 Å². The van der Waals surface area contributed by atoms with Crippen LogP contribution in [0.15, 0.2) is 4.52 Å². The minimum absolute atomic E-state index is 0.304. The number of aromatic nitrogens is 2. The fourth-order valence-corrected chi connectivity index (χ4v) is 2.69. The quantitative estimate of drug-likeness (QED) is 0.811. The molecule has 17 heavy (non-hydrogen) atoms. The number of rotatable bonds is 2. The van der Waals surface area contributed by atoms with Crippen molar-refractivity contribution >= 4 is 0 Å². The first-order chi connectivity index (χ1) is 8.43. The summed E-state index contributed by atoms with van der Waals surface area (Å²) in [6, 6.07) is 0.304. The van der Waals surface area contributed by atoms with E-state index >= 15 is 0 Å². The smallest absolute Gasteiger partial charge is 0.231 e. The molecule has 0 spiro atoms. The Bertz CT molecular complexity index is 321. The van der Waals surface area contributed by atoms with E-state index < -0.39 is 0 Å². The standard InChI is InChI=1S/C12H20N4O/c1-2-7-14-10(5-1)11-15-12(17-16-11)9-4-3-6-13-8-9/h9-10,13-14H,1-8H2/t9-,10?/m0/s1. The average molecular weight is 236 g/mol. The Labute approximate surface area is 101 Å². The van der Waals surface area contributed by atoms with Gasteiger partial charge < -0.3 is 15.2 Å². The lowest BCUT2D eigenvalue weighted by Gasteiger charge is -2.20. The highest BCUT2D eigenvalue weighted by Gasteiger charge is 2.25. The molecule has 2 N–H and O–H groups in total. The fourth-order valence-electron chi connectivity index (χ4n) is 2.69. The molecule has 5 heteroatoms. The van der Waals surface area contributed by atoms with Gasteiger partial charge in [-0.15, -0.1) is 0 Å². The van der Waals surface area contributed by atoms with E-state index in [0.717, 1.165) is 44.2 Å². The molecule has 2 atom stereocenters. The van der Waals surface area contributed by atoms with E-state index in [1.807, 2.05) is 0 Å². The van der Waals surface area contributed by atoms with Crippen LogP contribution in [0.3, 0.4) is 0 Å². The molecule has 0 amide bonds. The third kappa shape index (κ3) is 2.50. The third-order valence-electron chi connectivity index (χ3n) is 3.73. The van der Waals surface area contributed by atoms with Crippen molar-refractivity contribution in [1.29, 1.82) is 0 Å². The van der Waals surface area contributed by atoms with Gasteiger partial charge in [-0.1, -0.05) is 11.6 Å². The average Bonchev–Trinajstić information content (AvgIpc) is 2.90. The molecule has 0 aromatic carbocycles. The second-order valence-corrected chi connectivity index (χ2v) is 5.04. The molecular formula is C12H20N4O. The van der Waals surface area contributed by atoms with Crippen LogP contribution < -0.4 is 10.6 Å². The van der Waals surface area contributed by atoms with Crippen molar-refractivity contribution < 1.29 is 4.52 Å². The molecule has 2 aliphatic rings. The van der Waals surface area contributed by atoms with Crippen molar-refractivity contribution in [2.75, 3.05) is 19.6 Å². The Morgan fingerprint density at radius 2 is 2.12 bits per heavy atom. The number of nitrogens with one attached hydrogen (secondary N) is 2. The van der Waals surface area contributed by atoms with Crippen LogP contribution >= 0.6 is 0 Å². The molecule has 0 saturated carbocycles. The number of hydrogen-bond acceptors (Lipinski definition) is 5. The van der Waals surface area contributed by atoms with E-state index in [0.29, 0.717) is 12.0 Å². The summed E-state index contributed by atoms with van der Waals surface area (Å²) in [6.45, 7) is 3.15. The van der Waals surface area contributed by atoms with Gasteiger partial charge in [-0.3, -0.25) is 0 Å². The largest absolute Gasteiger partial charge is 0.339 e. The maximum atomic E-state index is 5.42. The van der Waals surface area contributed by atoms with E-state index in [9.17, 15) is 0 Å². The highest BCUT2D eigenvalue weighted by Crippen LogP contribution is 2.25. The van der Waals surface area contributed by atoms with Gasteiger partial charge in [0.1, 0.15) is 0 Å². The summed E-state index contributed by atoms with van der Waals surface area (Å²) in [7, 11) is 0. The van der Waals surface area contributed by atoms with Gasteiger partial charge in [-0.25, -0.2) is 0 Å². The van der Waals surface area contributed by atoms with Gasteiger partial charge >= 0.3 is 0 Å². The molecule has 94 valence electrons. The molecule has 1 unspecified atom stereocenters. The van der Waals surface area contributed by atoms with Crippen molar-refractivity contribution in [3.63, 3.8) is 0 Å². The van der Waals surface area contributed by atoms with E-state index in [-0.39, 0.29) is 0 Å². The van der Waals surface area contributed by atoms with Crippen LogP contribution in [-0.2, 0) is 0 Å². The lowest BCUT2D eigenvalue weighted by atomic mass is 9.99. The molecule has 3 rings (SSSR count). The first kappa shape index (κ1) is 11.2. The second kappa shape index (κ2) is 5.14. The molecule has 2 aliphatic heterocycles. The molecular weight excluding hydrogens is 216 g/mol. The lowest BCUT2D eigenvalue weighted by molar-refractivity contribution is 0.313. The van der Waals surface area contributed by atoms with Gasteiger partial charge in [0.05, 0.1) is 12.0 Å². The molecule has 0 aliphatic carbocycles. The van der Waals surface area contributed by atoms with E-state index in [1.165, 1.54) is 19.3 Å². The fraction of sp³-hybridized carbons (Fsp3) is 0.833. The maximum absolute atomic E-state index is 5.42. The minimum atomic E-state index is 0.304. The Hall–Kier alpha value is -0.940. The van der Waals surface area contributed by atoms with Crippen molar-refractivity contribution in [1.82, 2.24) is 20.8 Å². The molecule has 5 nitrogen and oxygen atoms in total. The van der Waals surface area contributed by atoms with Crippen LogP contribution in [-0.4, -0.2) is 29.8 Å². The van der Waals surface area contributed by atoms with Gasteiger partial charge in [0.15, 0.2) is 5.82 Å². The first-order valence-electron chi connectivity index (χ1n) is 6.71. The van der Waals surface area contributed by atoms with Crippen molar-refractivity contribution in [2.45, 2.75) is 44.1 Å². The van der Waals surface area contributed by atoms with E-state index in [2.05, 4.69) is 20.8 Å². The maximum Gasteiger partial charge on any atom is 0.231 e. The summed E-state index contributed by atoms with van der Waals surface area (Å²) in [5.41, 5.74) is 0. The first-order valence-corrected chi connectivity index (χ1v) is 6.71. The zero-order valence-corrected chi connectivity index (χ0v) is 10.1. The van der Waals surface area contributed by atoms with Crippen LogP contribution in [0.2, 0.25) is 0 Å². The SMILES string of the molecule is C1CCC(c2noc([C@H]3CCCNC3)n2)NC1. The van der Waals surface area contributed by atoms with Crippen LogP contribution in [0, 0.1) is 0 Å². The highest BCUT2D eigenvalue weighted by molar-refractivity contribution is 5.00. The zero-order valence-electron chi connectivity index (χ0n) is 10.1. The van der Waals surface area contributed by atoms with Gasteiger partial charge in [0, 0.05) is 6.54 Å². The van der Waals surface area contributed by atoms with Crippen LogP contribution in [0.25, 0.3) is 0 Å². The third-order valence-corrected chi connectivity index (χ3v) is 3.73. The number of piperidine rings is 2. The number of nitrogens with zero attached hydrogens (tertiary/aromatic N) is 2. The molecule has 2 fully saturated rings. The van der Waals surface area contributed by atoms with Crippen LogP contribution in [0.4, 0.5) is 0 Å². The highest BCUT2D eigenvalue weighted by atomic mass is 16.5. The molecule has 0 radical (unpaired) electrons. The Balaban J connectivity index is 1.68. The van der Waals surface area contributed by atoms with Gasteiger partial charge in [-0.05, 0) is 38.8 Å². The van der Waals surface area contributed by atoms with Crippen molar-refractivity contribution in [3.05, 3.63) is 11.7 Å². The Morgan fingerprint density at radius 3 is 2.88 bits per heavy atom. The summed E-state index contributed by atoms with van der Waals surface area (Å²) in [6.07, 6.45) is 6.00. The molecule has 1 aromatic rings. The van der Waals surface area contributed by atoms with E-state index in [1.54, 1.807) is 0 Å². The van der Waals surface area contributed by atoms with Gasteiger partial charge in [0.25, 0.3) is 0 Å². The summed E-state index contributed by atoms with van der Waals surface area (Å²) in [4.78, 5) is 4.58. The van der Waals surface area contributed by atoms with Gasteiger partial charge in [0.2, 0.25) is 5.89 Å². The normalized spacial score (nSPS) is 30.4. The molecule has 1 aromatic heterocycles. The Kier molecular flexibility index (Phi) is 3.38. The summed E-state index contributed by atoms with van der Waals surface area (Å²) in [5.74, 6) is 2.08. The second-order valence-electron chi connectivity index (χ2n) is 5.04. The topological polar surface area (TPSA) is 63.0 Å². The zero-order chi connectivity index (χ0) is 11.5. The summed E-state index contributed by atoms with van der Waals surface area (Å²) >= 11 is 0.